The van der Waals surface area contributed by atoms with Crippen LogP contribution in [0.1, 0.15) is 19.3 Å². The van der Waals surface area contributed by atoms with Gasteiger partial charge in [-0.25, -0.2) is 13.1 Å². The van der Waals surface area contributed by atoms with E-state index >= 15 is 0 Å². The third-order valence-corrected chi connectivity index (χ3v) is 5.02. The summed E-state index contributed by atoms with van der Waals surface area (Å²) in [7, 11) is -4.05. The Balaban J connectivity index is 2.20. The van der Waals surface area contributed by atoms with Crippen LogP contribution in [0.5, 0.6) is 0 Å². The molecule has 2 atom stereocenters. The molecule has 0 bridgehead atoms. The molecule has 1 aromatic rings. The van der Waals surface area contributed by atoms with E-state index in [0.29, 0.717) is 12.8 Å². The van der Waals surface area contributed by atoms with Gasteiger partial charge in [-0.3, -0.25) is 14.9 Å². The number of nitro benzene ring substituents is 1. The van der Waals surface area contributed by atoms with Crippen LogP contribution < -0.4 is 4.72 Å². The van der Waals surface area contributed by atoms with E-state index in [1.165, 1.54) is 12.1 Å². The third-order valence-electron chi connectivity index (χ3n) is 3.46. The van der Waals surface area contributed by atoms with Crippen LogP contribution in [0.25, 0.3) is 0 Å². The van der Waals surface area contributed by atoms with Crippen molar-refractivity contribution in [3.63, 3.8) is 0 Å². The van der Waals surface area contributed by atoms with Gasteiger partial charge in [-0.2, -0.15) is 0 Å². The van der Waals surface area contributed by atoms with Crippen LogP contribution in [-0.2, 0) is 14.8 Å². The number of nitro groups is 1. The van der Waals surface area contributed by atoms with Gasteiger partial charge >= 0.3 is 5.97 Å². The van der Waals surface area contributed by atoms with Crippen molar-refractivity contribution in [2.45, 2.75) is 30.2 Å². The second kappa shape index (κ2) is 5.78. The molecule has 1 aliphatic carbocycles. The summed E-state index contributed by atoms with van der Waals surface area (Å²) in [5.74, 6) is -1.54. The van der Waals surface area contributed by atoms with E-state index in [4.69, 9.17) is 5.11 Å². The Labute approximate surface area is 121 Å². The van der Waals surface area contributed by atoms with Crippen molar-refractivity contribution in [2.75, 3.05) is 0 Å². The molecule has 9 heteroatoms. The number of aliphatic carboxylic acids is 1. The average Bonchev–Trinajstić information content (AvgIpc) is 2.86. The summed E-state index contributed by atoms with van der Waals surface area (Å²) in [6.07, 6.45) is 0.978. The first-order valence-electron chi connectivity index (χ1n) is 6.30. The van der Waals surface area contributed by atoms with Gasteiger partial charge in [-0.05, 0) is 25.3 Å². The Morgan fingerprint density at radius 2 is 2.00 bits per heavy atom. The first-order valence-corrected chi connectivity index (χ1v) is 7.78. The molecule has 21 heavy (non-hydrogen) atoms. The topological polar surface area (TPSA) is 127 Å². The van der Waals surface area contributed by atoms with Gasteiger partial charge in [0.1, 0.15) is 0 Å². The SMILES string of the molecule is O=C(O)C1CCC(NS(=O)(=O)c2ccccc2[N+](=O)[O-])C1. The zero-order chi connectivity index (χ0) is 15.6. The Hall–Kier alpha value is -2.00. The van der Waals surface area contributed by atoms with Crippen molar-refractivity contribution in [1.29, 1.82) is 0 Å². The molecule has 1 aliphatic rings. The minimum Gasteiger partial charge on any atom is -0.481 e. The van der Waals surface area contributed by atoms with Crippen molar-refractivity contribution >= 4 is 21.7 Å². The largest absolute Gasteiger partial charge is 0.481 e. The van der Waals surface area contributed by atoms with Crippen LogP contribution in [0.2, 0.25) is 0 Å². The lowest BCUT2D eigenvalue weighted by atomic mass is 10.1. The Bertz CT molecular complexity index is 672. The van der Waals surface area contributed by atoms with Gasteiger partial charge in [-0.1, -0.05) is 12.1 Å². The van der Waals surface area contributed by atoms with E-state index in [0.717, 1.165) is 12.1 Å². The van der Waals surface area contributed by atoms with E-state index in [1.54, 1.807) is 0 Å². The lowest BCUT2D eigenvalue weighted by molar-refractivity contribution is -0.387. The summed E-state index contributed by atoms with van der Waals surface area (Å²) in [5.41, 5.74) is -0.502. The lowest BCUT2D eigenvalue weighted by Gasteiger charge is -2.13. The van der Waals surface area contributed by atoms with Crippen LogP contribution in [0.3, 0.4) is 0 Å². The maximum atomic E-state index is 12.2. The molecule has 0 heterocycles. The number of hydrogen-bond donors (Lipinski definition) is 2. The van der Waals surface area contributed by atoms with Crippen molar-refractivity contribution < 1.29 is 23.2 Å². The molecular formula is C12H14N2O6S. The molecule has 0 amide bonds. The highest BCUT2D eigenvalue weighted by Gasteiger charge is 2.34. The molecule has 0 saturated heterocycles. The van der Waals surface area contributed by atoms with E-state index in [1.807, 2.05) is 0 Å². The zero-order valence-corrected chi connectivity index (χ0v) is 11.7. The summed E-state index contributed by atoms with van der Waals surface area (Å²) in [6, 6.07) is 4.53. The number of carboxylic acid groups (broad SMARTS) is 1. The van der Waals surface area contributed by atoms with Crippen LogP contribution in [-0.4, -0.2) is 30.5 Å². The first-order chi connectivity index (χ1) is 9.81. The highest BCUT2D eigenvalue weighted by atomic mass is 32.2. The quantitative estimate of drug-likeness (QED) is 0.619. The summed E-state index contributed by atoms with van der Waals surface area (Å²) in [4.78, 5) is 20.6. The van der Waals surface area contributed by atoms with E-state index < -0.39 is 43.5 Å². The summed E-state index contributed by atoms with van der Waals surface area (Å²) < 4.78 is 26.8. The van der Waals surface area contributed by atoms with Gasteiger partial charge in [0, 0.05) is 12.1 Å². The highest BCUT2D eigenvalue weighted by Crippen LogP contribution is 2.28. The van der Waals surface area contributed by atoms with Crippen LogP contribution in [0.15, 0.2) is 29.2 Å². The molecule has 0 radical (unpaired) electrons. The number of carbonyl (C=O) groups is 1. The number of hydrogen-bond acceptors (Lipinski definition) is 5. The van der Waals surface area contributed by atoms with Crippen molar-refractivity contribution in [2.24, 2.45) is 5.92 Å². The highest BCUT2D eigenvalue weighted by molar-refractivity contribution is 7.89. The number of nitrogens with one attached hydrogen (secondary N) is 1. The van der Waals surface area contributed by atoms with Gasteiger partial charge < -0.3 is 5.11 Å². The number of rotatable bonds is 5. The van der Waals surface area contributed by atoms with Crippen LogP contribution in [0.4, 0.5) is 5.69 Å². The molecule has 0 aromatic heterocycles. The number of benzene rings is 1. The van der Waals surface area contributed by atoms with Crippen LogP contribution in [0, 0.1) is 16.0 Å². The zero-order valence-electron chi connectivity index (χ0n) is 10.9. The smallest absolute Gasteiger partial charge is 0.306 e. The van der Waals surface area contributed by atoms with Crippen molar-refractivity contribution in [1.82, 2.24) is 4.72 Å². The van der Waals surface area contributed by atoms with E-state index in [-0.39, 0.29) is 6.42 Å². The minimum atomic E-state index is -4.05. The van der Waals surface area contributed by atoms with Gasteiger partial charge in [-0.15, -0.1) is 0 Å². The molecular weight excluding hydrogens is 300 g/mol. The fourth-order valence-corrected chi connectivity index (χ4v) is 3.89. The maximum absolute atomic E-state index is 12.2. The second-order valence-corrected chi connectivity index (χ2v) is 6.57. The molecule has 8 nitrogen and oxygen atoms in total. The number of para-hydroxylation sites is 1. The lowest BCUT2D eigenvalue weighted by Crippen LogP contribution is -2.33. The molecule has 2 N–H and O–H groups in total. The number of carboxylic acids is 1. The van der Waals surface area contributed by atoms with E-state index in [2.05, 4.69) is 4.72 Å². The summed E-state index contributed by atoms with van der Waals surface area (Å²) >= 11 is 0. The molecule has 1 aromatic carbocycles. The van der Waals surface area contributed by atoms with Crippen molar-refractivity contribution in [3.8, 4) is 0 Å². The Kier molecular flexibility index (Phi) is 4.24. The second-order valence-electron chi connectivity index (χ2n) is 4.89. The molecule has 1 fully saturated rings. The van der Waals surface area contributed by atoms with Crippen LogP contribution >= 0.6 is 0 Å². The normalized spacial score (nSPS) is 22.1. The predicted molar refractivity (Wildman–Crippen MR) is 72.2 cm³/mol. The summed E-state index contributed by atoms with van der Waals surface area (Å²) in [6.45, 7) is 0. The minimum absolute atomic E-state index is 0.190. The number of nitrogens with zero attached hydrogens (tertiary/aromatic N) is 1. The van der Waals surface area contributed by atoms with Gasteiger partial charge in [0.15, 0.2) is 4.90 Å². The molecule has 2 rings (SSSR count). The monoisotopic (exact) mass is 314 g/mol. The fraction of sp³-hybridized carbons (Fsp3) is 0.417. The molecule has 114 valence electrons. The fourth-order valence-electron chi connectivity index (χ4n) is 2.43. The van der Waals surface area contributed by atoms with Crippen molar-refractivity contribution in [3.05, 3.63) is 34.4 Å². The molecule has 0 spiro atoms. The standard InChI is InChI=1S/C12H14N2O6S/c15-12(16)8-5-6-9(7-8)13-21(19,20)11-4-2-1-3-10(11)14(17)18/h1-4,8-9,13H,5-7H2,(H,15,16). The number of sulfonamides is 1. The Morgan fingerprint density at radius 3 is 2.57 bits per heavy atom. The van der Waals surface area contributed by atoms with E-state index in [9.17, 15) is 23.3 Å². The molecule has 1 saturated carbocycles. The van der Waals surface area contributed by atoms with Gasteiger partial charge in [0.05, 0.1) is 10.8 Å². The van der Waals surface area contributed by atoms with Gasteiger partial charge in [0.25, 0.3) is 5.69 Å². The maximum Gasteiger partial charge on any atom is 0.306 e. The van der Waals surface area contributed by atoms with Gasteiger partial charge in [0.2, 0.25) is 10.0 Å². The third kappa shape index (κ3) is 3.37. The average molecular weight is 314 g/mol. The Morgan fingerprint density at radius 1 is 1.33 bits per heavy atom. The molecule has 0 aliphatic heterocycles. The predicted octanol–water partition coefficient (Wildman–Crippen LogP) is 1.13. The molecule has 2 unspecified atom stereocenters. The first kappa shape index (κ1) is 15.4. The summed E-state index contributed by atoms with van der Waals surface area (Å²) in [5, 5.41) is 19.8.